The Hall–Kier alpha value is -1.76. The molecule has 5 rings (SSSR count). The fraction of sp³-hybridized carbons (Fsp3) is 0.556. The lowest BCUT2D eigenvalue weighted by Gasteiger charge is -2.44. The second-order valence-corrected chi connectivity index (χ2v) is 11.8. The highest BCUT2D eigenvalue weighted by Gasteiger charge is 2.49. The number of ether oxygens (including phenoxy) is 2. The standard InChI is InChI=1S/C27H34ClN3O6S/c1-13(28)19(25-22(33)21(32)23(34)27(37-25)38-2)31-26(35)20-24-16(12-30-20)10-14(7-9-36-24)17-5-3-4-15-11-29-8-6-18(15)17/h3-8,11,13,16,19-25,27,30,32-34H,9-10,12H2,1-2H3,(H,31,35)/t13-,16-,19+,20-,21+,22?,23+,24+,25+,27?/m0/s1. The number of rotatable bonds is 6. The average Bonchev–Trinajstić information content (AvgIpc) is 3.20. The number of halogens is 1. The second kappa shape index (κ2) is 11.8. The van der Waals surface area contributed by atoms with Gasteiger partial charge in [0.1, 0.15) is 35.9 Å². The summed E-state index contributed by atoms with van der Waals surface area (Å²) in [6.45, 7) is 2.68. The van der Waals surface area contributed by atoms with Gasteiger partial charge in [0.05, 0.1) is 24.1 Å². The van der Waals surface area contributed by atoms with Gasteiger partial charge in [-0.3, -0.25) is 9.78 Å². The Kier molecular flexibility index (Phi) is 8.61. The summed E-state index contributed by atoms with van der Waals surface area (Å²) in [4.78, 5) is 17.7. The van der Waals surface area contributed by atoms with Crippen molar-refractivity contribution in [3.05, 3.63) is 48.3 Å². The van der Waals surface area contributed by atoms with Gasteiger partial charge in [-0.25, -0.2) is 0 Å². The van der Waals surface area contributed by atoms with E-state index < -0.39 is 47.3 Å². The van der Waals surface area contributed by atoms with Gasteiger partial charge in [0, 0.05) is 30.2 Å². The Balaban J connectivity index is 1.30. The Morgan fingerprint density at radius 2 is 2.05 bits per heavy atom. The van der Waals surface area contributed by atoms with E-state index in [-0.39, 0.29) is 17.9 Å². The highest BCUT2D eigenvalue weighted by molar-refractivity contribution is 7.99. The van der Waals surface area contributed by atoms with Crippen molar-refractivity contribution in [2.45, 2.75) is 66.8 Å². The number of amides is 1. The van der Waals surface area contributed by atoms with Crippen molar-refractivity contribution in [3.63, 3.8) is 0 Å². The van der Waals surface area contributed by atoms with E-state index in [1.165, 1.54) is 17.3 Å². The van der Waals surface area contributed by atoms with E-state index in [2.05, 4.69) is 27.8 Å². The van der Waals surface area contributed by atoms with Crippen molar-refractivity contribution in [1.29, 1.82) is 0 Å². The van der Waals surface area contributed by atoms with Crippen molar-refractivity contribution in [2.24, 2.45) is 5.92 Å². The monoisotopic (exact) mass is 563 g/mol. The summed E-state index contributed by atoms with van der Waals surface area (Å²) in [5, 5.41) is 39.1. The van der Waals surface area contributed by atoms with Crippen LogP contribution in [0, 0.1) is 5.92 Å². The number of aliphatic hydroxyl groups excluding tert-OH is 3. The minimum Gasteiger partial charge on any atom is -0.388 e. The molecule has 11 heteroatoms. The van der Waals surface area contributed by atoms with Crippen molar-refractivity contribution in [3.8, 4) is 0 Å². The van der Waals surface area contributed by atoms with Gasteiger partial charge in [-0.1, -0.05) is 24.3 Å². The lowest BCUT2D eigenvalue weighted by atomic mass is 9.89. The molecule has 1 aromatic carbocycles. The number of benzene rings is 1. The number of allylic oxidation sites excluding steroid dienone is 1. The van der Waals surface area contributed by atoms with Crippen LogP contribution in [0.5, 0.6) is 0 Å². The van der Waals surface area contributed by atoms with Gasteiger partial charge in [-0.15, -0.1) is 23.4 Å². The summed E-state index contributed by atoms with van der Waals surface area (Å²) in [6, 6.07) is 6.78. The molecule has 1 aromatic heterocycles. The van der Waals surface area contributed by atoms with E-state index in [1.807, 2.05) is 24.4 Å². The molecule has 2 aromatic rings. The van der Waals surface area contributed by atoms with Crippen LogP contribution in [0.25, 0.3) is 16.3 Å². The largest absolute Gasteiger partial charge is 0.388 e. The number of pyridine rings is 1. The molecule has 2 saturated heterocycles. The normalized spacial score (nSPS) is 35.2. The Morgan fingerprint density at radius 1 is 1.24 bits per heavy atom. The summed E-state index contributed by atoms with van der Waals surface area (Å²) >= 11 is 7.66. The van der Waals surface area contributed by atoms with E-state index in [0.29, 0.717) is 13.2 Å². The van der Waals surface area contributed by atoms with Crippen molar-refractivity contribution in [2.75, 3.05) is 19.4 Å². The fourth-order valence-corrected chi connectivity index (χ4v) is 6.66. The minimum atomic E-state index is -1.42. The van der Waals surface area contributed by atoms with Crippen LogP contribution in [-0.4, -0.2) is 99.0 Å². The molecular weight excluding hydrogens is 530 g/mol. The van der Waals surface area contributed by atoms with Crippen LogP contribution in [0.1, 0.15) is 18.9 Å². The molecule has 0 radical (unpaired) electrons. The Bertz CT molecular complexity index is 1180. The fourth-order valence-electron chi connectivity index (χ4n) is 5.77. The number of carbonyl (C=O) groups is 1. The predicted molar refractivity (Wildman–Crippen MR) is 147 cm³/mol. The van der Waals surface area contributed by atoms with Crippen LogP contribution in [0.15, 0.2) is 42.7 Å². The van der Waals surface area contributed by atoms with Crippen LogP contribution in [0.3, 0.4) is 0 Å². The zero-order valence-corrected chi connectivity index (χ0v) is 22.8. The van der Waals surface area contributed by atoms with E-state index in [9.17, 15) is 20.1 Å². The van der Waals surface area contributed by atoms with Gasteiger partial charge in [-0.05, 0) is 42.2 Å². The van der Waals surface area contributed by atoms with Crippen molar-refractivity contribution >= 4 is 45.6 Å². The first kappa shape index (κ1) is 27.8. The molecule has 3 aliphatic heterocycles. The molecule has 5 N–H and O–H groups in total. The van der Waals surface area contributed by atoms with E-state index in [4.69, 9.17) is 21.1 Å². The first-order valence-corrected chi connectivity index (χ1v) is 14.6. The number of alkyl halides is 1. The maximum absolute atomic E-state index is 13.5. The first-order chi connectivity index (χ1) is 18.3. The summed E-state index contributed by atoms with van der Waals surface area (Å²) in [6.07, 6.45) is 2.79. The van der Waals surface area contributed by atoms with Crippen LogP contribution in [0.2, 0.25) is 0 Å². The van der Waals surface area contributed by atoms with Crippen LogP contribution < -0.4 is 10.6 Å². The smallest absolute Gasteiger partial charge is 0.240 e. The van der Waals surface area contributed by atoms with E-state index in [0.717, 1.165) is 22.8 Å². The summed E-state index contributed by atoms with van der Waals surface area (Å²) in [7, 11) is 0. The molecule has 3 aliphatic rings. The molecule has 4 heterocycles. The van der Waals surface area contributed by atoms with Crippen LogP contribution in [-0.2, 0) is 14.3 Å². The molecule has 0 aliphatic carbocycles. The number of nitrogens with zero attached hydrogens (tertiary/aromatic N) is 1. The summed E-state index contributed by atoms with van der Waals surface area (Å²) in [5.74, 6) is -0.232. The Labute approximate surface area is 230 Å². The van der Waals surface area contributed by atoms with Gasteiger partial charge in [-0.2, -0.15) is 0 Å². The zero-order chi connectivity index (χ0) is 27.0. The van der Waals surface area contributed by atoms with Gasteiger partial charge < -0.3 is 35.4 Å². The molecule has 0 bridgehead atoms. The molecule has 0 saturated carbocycles. The second-order valence-electron chi connectivity index (χ2n) is 10.2. The number of carbonyl (C=O) groups excluding carboxylic acids is 1. The Morgan fingerprint density at radius 3 is 2.82 bits per heavy atom. The van der Waals surface area contributed by atoms with Crippen molar-refractivity contribution in [1.82, 2.24) is 15.6 Å². The SMILES string of the molecule is CSC1O[C@H]([C@H](NC(=O)[C@H]2NC[C@@H]3CC(c4cccc5cnccc45)=CCO[C@H]32)[C@H](C)Cl)C(O)[C@@H](O)[C@H]1O. The average molecular weight is 564 g/mol. The number of nitrogens with one attached hydrogen (secondary N) is 2. The number of hydrogen-bond acceptors (Lipinski definition) is 9. The third-order valence-corrected chi connectivity index (χ3v) is 8.93. The molecule has 0 spiro atoms. The molecule has 2 fully saturated rings. The maximum Gasteiger partial charge on any atom is 0.240 e. The highest BCUT2D eigenvalue weighted by Crippen LogP contribution is 2.36. The van der Waals surface area contributed by atoms with E-state index in [1.54, 1.807) is 19.4 Å². The van der Waals surface area contributed by atoms with Gasteiger partial charge in [0.2, 0.25) is 5.91 Å². The summed E-state index contributed by atoms with van der Waals surface area (Å²) < 4.78 is 12.1. The lowest BCUT2D eigenvalue weighted by Crippen LogP contribution is -2.65. The third-order valence-electron chi connectivity index (χ3n) is 7.80. The maximum atomic E-state index is 13.5. The highest BCUT2D eigenvalue weighted by atomic mass is 35.5. The summed E-state index contributed by atoms with van der Waals surface area (Å²) in [5.41, 5.74) is 1.56. The van der Waals surface area contributed by atoms with Gasteiger partial charge in [0.25, 0.3) is 0 Å². The van der Waals surface area contributed by atoms with Crippen LogP contribution >= 0.6 is 23.4 Å². The topological polar surface area (TPSA) is 133 Å². The van der Waals surface area contributed by atoms with Gasteiger partial charge in [0.15, 0.2) is 0 Å². The van der Waals surface area contributed by atoms with E-state index >= 15 is 0 Å². The molecule has 10 atom stereocenters. The molecular formula is C27H34ClN3O6S. The quantitative estimate of drug-likeness (QED) is 0.330. The molecule has 1 amide bonds. The van der Waals surface area contributed by atoms with Gasteiger partial charge >= 0.3 is 0 Å². The molecule has 2 unspecified atom stereocenters. The minimum absolute atomic E-state index is 0.0813. The number of hydrogen-bond donors (Lipinski definition) is 5. The lowest BCUT2D eigenvalue weighted by molar-refractivity contribution is -0.205. The first-order valence-electron chi connectivity index (χ1n) is 12.8. The predicted octanol–water partition coefficient (Wildman–Crippen LogP) is 1.28. The third kappa shape index (κ3) is 5.33. The number of thioether (sulfide) groups is 1. The number of fused-ring (bicyclic) bond motifs is 2. The molecule has 9 nitrogen and oxygen atoms in total. The number of aliphatic hydroxyl groups is 3. The zero-order valence-electron chi connectivity index (χ0n) is 21.2. The van der Waals surface area contributed by atoms with Crippen LogP contribution in [0.4, 0.5) is 0 Å². The van der Waals surface area contributed by atoms with Crippen molar-refractivity contribution < 1.29 is 29.6 Å². The molecule has 206 valence electrons. The number of aromatic nitrogens is 1. The molecule has 38 heavy (non-hydrogen) atoms.